The lowest BCUT2D eigenvalue weighted by molar-refractivity contribution is -0.137. The normalized spacial score (nSPS) is 24.0. The van der Waals surface area contributed by atoms with Gasteiger partial charge in [0.1, 0.15) is 6.61 Å². The quantitative estimate of drug-likeness (QED) is 0.845. The highest BCUT2D eigenvalue weighted by Crippen LogP contribution is 2.41. The van der Waals surface area contributed by atoms with Crippen molar-refractivity contribution >= 4 is 12.1 Å². The van der Waals surface area contributed by atoms with Gasteiger partial charge in [0.2, 0.25) is 0 Å². The van der Waals surface area contributed by atoms with Gasteiger partial charge in [0, 0.05) is 12.5 Å². The van der Waals surface area contributed by atoms with Crippen molar-refractivity contribution in [3.8, 4) is 0 Å². The van der Waals surface area contributed by atoms with Crippen molar-refractivity contribution < 1.29 is 19.4 Å². The summed E-state index contributed by atoms with van der Waals surface area (Å²) in [6.07, 6.45) is 3.08. The second-order valence-electron chi connectivity index (χ2n) is 6.20. The average molecular weight is 305 g/mol. The molecule has 2 unspecified atom stereocenters. The fourth-order valence-corrected chi connectivity index (χ4v) is 3.08. The van der Waals surface area contributed by atoms with E-state index in [1.54, 1.807) is 0 Å². The lowest BCUT2D eigenvalue weighted by Crippen LogP contribution is -2.43. The number of hydrogen-bond acceptors (Lipinski definition) is 3. The highest BCUT2D eigenvalue weighted by molar-refractivity contribution is 5.68. The van der Waals surface area contributed by atoms with Crippen molar-refractivity contribution in [2.45, 2.75) is 51.7 Å². The van der Waals surface area contributed by atoms with Gasteiger partial charge in [-0.2, -0.15) is 0 Å². The number of aliphatic carboxylic acids is 1. The molecule has 2 N–H and O–H groups in total. The van der Waals surface area contributed by atoms with Crippen LogP contribution >= 0.6 is 0 Å². The maximum atomic E-state index is 11.9. The van der Waals surface area contributed by atoms with E-state index in [1.165, 1.54) is 0 Å². The van der Waals surface area contributed by atoms with E-state index in [0.717, 1.165) is 24.8 Å². The maximum absolute atomic E-state index is 11.9. The van der Waals surface area contributed by atoms with Crippen LogP contribution in [0.2, 0.25) is 0 Å². The van der Waals surface area contributed by atoms with Gasteiger partial charge in [-0.25, -0.2) is 4.79 Å². The minimum Gasteiger partial charge on any atom is -0.481 e. The number of carboxylic acids is 1. The number of amides is 1. The van der Waals surface area contributed by atoms with E-state index in [4.69, 9.17) is 9.84 Å². The zero-order valence-electron chi connectivity index (χ0n) is 12.9. The van der Waals surface area contributed by atoms with Crippen molar-refractivity contribution in [1.29, 1.82) is 0 Å². The Kier molecular flexibility index (Phi) is 5.41. The molecule has 0 spiro atoms. The number of carboxylic acid groups (broad SMARTS) is 1. The molecule has 0 aromatic heterocycles. The highest BCUT2D eigenvalue weighted by atomic mass is 16.5. The topological polar surface area (TPSA) is 75.6 Å². The van der Waals surface area contributed by atoms with Gasteiger partial charge in [-0.05, 0) is 30.2 Å². The fourth-order valence-electron chi connectivity index (χ4n) is 3.08. The van der Waals surface area contributed by atoms with Crippen LogP contribution < -0.4 is 5.32 Å². The summed E-state index contributed by atoms with van der Waals surface area (Å²) in [4.78, 5) is 22.7. The van der Waals surface area contributed by atoms with Crippen molar-refractivity contribution in [1.82, 2.24) is 5.32 Å². The first-order valence-electron chi connectivity index (χ1n) is 7.69. The third kappa shape index (κ3) is 4.48. The number of benzene rings is 1. The van der Waals surface area contributed by atoms with Gasteiger partial charge in [0.25, 0.3) is 0 Å². The summed E-state index contributed by atoms with van der Waals surface area (Å²) in [5, 5.41) is 11.8. The molecule has 0 heterocycles. The molecule has 22 heavy (non-hydrogen) atoms. The molecule has 1 aliphatic carbocycles. The van der Waals surface area contributed by atoms with E-state index in [2.05, 4.69) is 5.32 Å². The van der Waals surface area contributed by atoms with Gasteiger partial charge in [-0.15, -0.1) is 0 Å². The number of alkyl carbamates (subject to hydrolysis) is 1. The number of carbonyl (C=O) groups is 2. The monoisotopic (exact) mass is 305 g/mol. The molecule has 5 heteroatoms. The first-order chi connectivity index (χ1) is 10.5. The molecule has 1 saturated carbocycles. The molecule has 0 bridgehead atoms. The average Bonchev–Trinajstić information content (AvgIpc) is 2.86. The zero-order chi connectivity index (χ0) is 16.0. The summed E-state index contributed by atoms with van der Waals surface area (Å²) < 4.78 is 5.24. The van der Waals surface area contributed by atoms with Crippen LogP contribution in [-0.4, -0.2) is 23.2 Å². The van der Waals surface area contributed by atoms with Crippen molar-refractivity contribution in [3.05, 3.63) is 35.9 Å². The number of carbonyl (C=O) groups excluding carboxylic acids is 1. The number of hydrogen-bond donors (Lipinski definition) is 2. The maximum Gasteiger partial charge on any atom is 0.407 e. The van der Waals surface area contributed by atoms with Crippen molar-refractivity contribution in [2.24, 2.45) is 5.41 Å². The highest BCUT2D eigenvalue weighted by Gasteiger charge is 2.39. The van der Waals surface area contributed by atoms with Gasteiger partial charge in [-0.1, -0.05) is 43.7 Å². The molecule has 1 aliphatic rings. The van der Waals surface area contributed by atoms with Gasteiger partial charge in [0.05, 0.1) is 0 Å². The first kappa shape index (κ1) is 16.3. The molecule has 1 aromatic rings. The Bertz CT molecular complexity index is 517. The molecule has 1 fully saturated rings. The van der Waals surface area contributed by atoms with E-state index >= 15 is 0 Å². The van der Waals surface area contributed by atoms with Crippen LogP contribution in [0.3, 0.4) is 0 Å². The molecule has 120 valence electrons. The summed E-state index contributed by atoms with van der Waals surface area (Å²) in [6.45, 7) is 2.29. The van der Waals surface area contributed by atoms with Crippen molar-refractivity contribution in [3.63, 3.8) is 0 Å². The number of ether oxygens (including phenoxy) is 1. The van der Waals surface area contributed by atoms with E-state index in [0.29, 0.717) is 6.42 Å². The molecule has 2 atom stereocenters. The van der Waals surface area contributed by atoms with E-state index in [9.17, 15) is 9.59 Å². The smallest absolute Gasteiger partial charge is 0.407 e. The largest absolute Gasteiger partial charge is 0.481 e. The van der Waals surface area contributed by atoms with E-state index in [-0.39, 0.29) is 24.5 Å². The summed E-state index contributed by atoms with van der Waals surface area (Å²) >= 11 is 0. The number of nitrogens with one attached hydrogen (secondary N) is 1. The second kappa shape index (κ2) is 7.29. The Morgan fingerprint density at radius 1 is 1.36 bits per heavy atom. The van der Waals surface area contributed by atoms with Crippen LogP contribution in [0.15, 0.2) is 30.3 Å². The van der Waals surface area contributed by atoms with Gasteiger partial charge >= 0.3 is 12.1 Å². The second-order valence-corrected chi connectivity index (χ2v) is 6.20. The third-order valence-corrected chi connectivity index (χ3v) is 4.50. The van der Waals surface area contributed by atoms with Crippen LogP contribution in [-0.2, 0) is 16.1 Å². The molecular formula is C17H23NO4. The Morgan fingerprint density at radius 2 is 2.09 bits per heavy atom. The standard InChI is InChI=1S/C17H23NO4/c1-17(11-9-15(19)20)10-5-8-14(17)18-16(21)22-12-13-6-3-2-4-7-13/h2-4,6-7,14H,5,8-12H2,1H3,(H,18,21)(H,19,20). The van der Waals surface area contributed by atoms with E-state index in [1.807, 2.05) is 37.3 Å². The van der Waals surface area contributed by atoms with Crippen molar-refractivity contribution in [2.75, 3.05) is 0 Å². The first-order valence-corrected chi connectivity index (χ1v) is 7.69. The fraction of sp³-hybridized carbons (Fsp3) is 0.529. The lowest BCUT2D eigenvalue weighted by atomic mass is 9.80. The summed E-state index contributed by atoms with van der Waals surface area (Å²) in [7, 11) is 0. The predicted octanol–water partition coefficient (Wildman–Crippen LogP) is 3.34. The van der Waals surface area contributed by atoms with Gasteiger partial charge in [0.15, 0.2) is 0 Å². The SMILES string of the molecule is CC1(CCC(=O)O)CCCC1NC(=O)OCc1ccccc1. The Hall–Kier alpha value is -2.04. The lowest BCUT2D eigenvalue weighted by Gasteiger charge is -2.31. The van der Waals surface area contributed by atoms with Gasteiger partial charge in [-0.3, -0.25) is 4.79 Å². The zero-order valence-corrected chi connectivity index (χ0v) is 12.9. The number of rotatable bonds is 6. The Labute approximate surface area is 130 Å². The Morgan fingerprint density at radius 3 is 2.77 bits per heavy atom. The molecule has 2 rings (SSSR count). The minimum atomic E-state index is -0.793. The van der Waals surface area contributed by atoms with Crippen LogP contribution in [0, 0.1) is 5.41 Å². The van der Waals surface area contributed by atoms with E-state index < -0.39 is 12.1 Å². The molecule has 5 nitrogen and oxygen atoms in total. The third-order valence-electron chi connectivity index (χ3n) is 4.50. The van der Waals surface area contributed by atoms with Gasteiger partial charge < -0.3 is 15.2 Å². The molecule has 0 saturated heterocycles. The van der Waals surface area contributed by atoms with Crippen LogP contribution in [0.25, 0.3) is 0 Å². The van der Waals surface area contributed by atoms with Crippen LogP contribution in [0.5, 0.6) is 0 Å². The molecular weight excluding hydrogens is 282 g/mol. The molecule has 1 amide bonds. The Balaban J connectivity index is 1.83. The molecule has 0 aliphatic heterocycles. The molecule has 0 radical (unpaired) electrons. The summed E-state index contributed by atoms with van der Waals surface area (Å²) in [5.41, 5.74) is 0.780. The predicted molar refractivity (Wildman–Crippen MR) is 82.4 cm³/mol. The summed E-state index contributed by atoms with van der Waals surface area (Å²) in [5.74, 6) is -0.793. The summed E-state index contributed by atoms with van der Waals surface area (Å²) in [6, 6.07) is 9.50. The minimum absolute atomic E-state index is 0.0184. The molecule has 1 aromatic carbocycles. The van der Waals surface area contributed by atoms with Crippen LogP contribution in [0.1, 0.15) is 44.6 Å². The van der Waals surface area contributed by atoms with Crippen LogP contribution in [0.4, 0.5) is 4.79 Å².